The van der Waals surface area contributed by atoms with Gasteiger partial charge in [-0.1, -0.05) is 64.5 Å². The summed E-state index contributed by atoms with van der Waals surface area (Å²) in [6, 6.07) is 29.0. The molecule has 3 aromatic carbocycles. The first-order chi connectivity index (χ1) is 10.8. The molecule has 0 N–H and O–H groups in total. The predicted molar refractivity (Wildman–Crippen MR) is 98.2 cm³/mol. The zero-order valence-corrected chi connectivity index (χ0v) is 13.6. The molecule has 2 heteroatoms. The molecule has 0 atom stereocenters. The van der Waals surface area contributed by atoms with Crippen molar-refractivity contribution in [2.45, 2.75) is 0 Å². The van der Waals surface area contributed by atoms with Gasteiger partial charge in [0.25, 0.3) is 0 Å². The van der Waals surface area contributed by atoms with E-state index in [2.05, 4.69) is 106 Å². The van der Waals surface area contributed by atoms with Gasteiger partial charge in [-0.15, -0.1) is 0 Å². The number of para-hydroxylation sites is 2. The Morgan fingerprint density at radius 1 is 0.636 bits per heavy atom. The van der Waals surface area contributed by atoms with E-state index in [1.807, 2.05) is 12.1 Å². The number of nitrogens with zero attached hydrogens (tertiary/aromatic N) is 1. The highest BCUT2D eigenvalue weighted by Gasteiger charge is 2.04. The van der Waals surface area contributed by atoms with E-state index in [0.717, 1.165) is 15.8 Å². The van der Waals surface area contributed by atoms with Crippen LogP contribution in [0.15, 0.2) is 95.6 Å². The molecule has 0 bridgehead atoms. The minimum absolute atomic E-state index is 1.09. The first-order valence-corrected chi connectivity index (χ1v) is 7.95. The van der Waals surface area contributed by atoms with Gasteiger partial charge in [0.05, 0.1) is 0 Å². The molecule has 0 saturated carbocycles. The van der Waals surface area contributed by atoms with E-state index in [0.29, 0.717) is 0 Å². The Bertz CT molecular complexity index is 694. The van der Waals surface area contributed by atoms with Crippen molar-refractivity contribution < 1.29 is 0 Å². The molecule has 0 spiro atoms. The smallest absolute Gasteiger partial charge is 0.0455 e. The lowest BCUT2D eigenvalue weighted by Crippen LogP contribution is -2.07. The largest absolute Gasteiger partial charge is 0.317 e. The summed E-state index contributed by atoms with van der Waals surface area (Å²) in [6.07, 6.45) is 4.22. The molecule has 0 amide bonds. The van der Waals surface area contributed by atoms with Gasteiger partial charge in [-0.3, -0.25) is 0 Å². The highest BCUT2D eigenvalue weighted by atomic mass is 79.9. The monoisotopic (exact) mass is 349 g/mol. The van der Waals surface area contributed by atoms with Crippen LogP contribution in [-0.4, -0.2) is 0 Å². The van der Waals surface area contributed by atoms with Crippen LogP contribution >= 0.6 is 15.9 Å². The second kappa shape index (κ2) is 7.10. The van der Waals surface area contributed by atoms with Gasteiger partial charge >= 0.3 is 0 Å². The van der Waals surface area contributed by atoms with E-state index in [4.69, 9.17) is 0 Å². The van der Waals surface area contributed by atoms with Crippen LogP contribution in [0.5, 0.6) is 0 Å². The fourth-order valence-corrected chi connectivity index (χ4v) is 2.50. The fraction of sp³-hybridized carbons (Fsp3) is 0. The molecule has 0 radical (unpaired) electrons. The first-order valence-electron chi connectivity index (χ1n) is 7.16. The molecule has 0 aliphatic heterocycles. The van der Waals surface area contributed by atoms with Gasteiger partial charge in [0.2, 0.25) is 0 Å². The fourth-order valence-electron chi connectivity index (χ4n) is 2.23. The lowest BCUT2D eigenvalue weighted by molar-refractivity contribution is 1.29. The van der Waals surface area contributed by atoms with Crippen LogP contribution in [-0.2, 0) is 0 Å². The third-order valence-corrected chi connectivity index (χ3v) is 3.88. The SMILES string of the molecule is Brc1ccc(/C=C/N(c2ccccc2)c2ccccc2)cc1. The van der Waals surface area contributed by atoms with Crippen molar-refractivity contribution in [2.24, 2.45) is 0 Å². The Morgan fingerprint density at radius 2 is 1.14 bits per heavy atom. The second-order valence-electron chi connectivity index (χ2n) is 4.91. The van der Waals surface area contributed by atoms with Gasteiger partial charge in [-0.2, -0.15) is 0 Å². The first kappa shape index (κ1) is 14.6. The summed E-state index contributed by atoms with van der Waals surface area (Å²) in [6.45, 7) is 0. The quantitative estimate of drug-likeness (QED) is 0.537. The average Bonchev–Trinajstić information content (AvgIpc) is 2.59. The van der Waals surface area contributed by atoms with Crippen molar-refractivity contribution in [1.82, 2.24) is 0 Å². The summed E-state index contributed by atoms with van der Waals surface area (Å²) in [4.78, 5) is 2.18. The zero-order valence-electron chi connectivity index (χ0n) is 12.1. The van der Waals surface area contributed by atoms with Gasteiger partial charge in [0, 0.05) is 22.0 Å². The minimum atomic E-state index is 1.09. The van der Waals surface area contributed by atoms with E-state index in [1.165, 1.54) is 5.56 Å². The number of halogens is 1. The van der Waals surface area contributed by atoms with Crippen LogP contribution in [0, 0.1) is 0 Å². The number of benzene rings is 3. The molecule has 0 unspecified atom stereocenters. The Kier molecular flexibility index (Phi) is 4.71. The number of hydrogen-bond donors (Lipinski definition) is 0. The van der Waals surface area contributed by atoms with Crippen molar-refractivity contribution in [3.05, 3.63) is 101 Å². The van der Waals surface area contributed by atoms with Crippen molar-refractivity contribution in [1.29, 1.82) is 0 Å². The zero-order chi connectivity index (χ0) is 15.2. The van der Waals surface area contributed by atoms with Gasteiger partial charge in [-0.25, -0.2) is 0 Å². The maximum Gasteiger partial charge on any atom is 0.0455 e. The summed E-state index contributed by atoms with van der Waals surface area (Å²) in [5, 5.41) is 0. The summed E-state index contributed by atoms with van der Waals surface area (Å²) < 4.78 is 1.09. The normalized spacial score (nSPS) is 10.8. The maximum atomic E-state index is 3.46. The molecule has 1 nitrogen and oxygen atoms in total. The Balaban J connectivity index is 1.94. The predicted octanol–water partition coefficient (Wildman–Crippen LogP) is 6.26. The summed E-state index contributed by atoms with van der Waals surface area (Å²) >= 11 is 3.46. The average molecular weight is 350 g/mol. The molecule has 0 heterocycles. The molecule has 0 saturated heterocycles. The van der Waals surface area contributed by atoms with Crippen LogP contribution < -0.4 is 4.90 Å². The van der Waals surface area contributed by atoms with E-state index in [9.17, 15) is 0 Å². The number of hydrogen-bond acceptors (Lipinski definition) is 1. The van der Waals surface area contributed by atoms with Gasteiger partial charge in [0.1, 0.15) is 0 Å². The molecule has 3 aromatic rings. The van der Waals surface area contributed by atoms with Gasteiger partial charge in [-0.05, 0) is 48.0 Å². The van der Waals surface area contributed by atoms with Crippen LogP contribution in [0.1, 0.15) is 5.56 Å². The van der Waals surface area contributed by atoms with Crippen molar-refractivity contribution in [2.75, 3.05) is 4.90 Å². The van der Waals surface area contributed by atoms with Crippen LogP contribution in [0.2, 0.25) is 0 Å². The molecular weight excluding hydrogens is 334 g/mol. The van der Waals surface area contributed by atoms with Crippen LogP contribution in [0.3, 0.4) is 0 Å². The summed E-state index contributed by atoms with van der Waals surface area (Å²) in [5.74, 6) is 0. The number of rotatable bonds is 4. The molecule has 108 valence electrons. The Morgan fingerprint density at radius 3 is 1.64 bits per heavy atom. The van der Waals surface area contributed by atoms with Crippen molar-refractivity contribution in [3.63, 3.8) is 0 Å². The summed E-state index contributed by atoms with van der Waals surface area (Å²) in [5.41, 5.74) is 3.45. The highest BCUT2D eigenvalue weighted by molar-refractivity contribution is 9.10. The third-order valence-electron chi connectivity index (χ3n) is 3.35. The van der Waals surface area contributed by atoms with Gasteiger partial charge in [0.15, 0.2) is 0 Å². The molecular formula is C20H16BrN. The van der Waals surface area contributed by atoms with Crippen molar-refractivity contribution in [3.8, 4) is 0 Å². The molecule has 3 rings (SSSR count). The van der Waals surface area contributed by atoms with E-state index >= 15 is 0 Å². The lowest BCUT2D eigenvalue weighted by Gasteiger charge is -2.20. The lowest BCUT2D eigenvalue weighted by atomic mass is 10.2. The van der Waals surface area contributed by atoms with E-state index in [-0.39, 0.29) is 0 Å². The topological polar surface area (TPSA) is 3.24 Å². The Labute approximate surface area is 139 Å². The van der Waals surface area contributed by atoms with Gasteiger partial charge < -0.3 is 4.90 Å². The molecule has 0 aromatic heterocycles. The third kappa shape index (κ3) is 3.66. The van der Waals surface area contributed by atoms with Crippen molar-refractivity contribution >= 4 is 33.4 Å². The minimum Gasteiger partial charge on any atom is -0.317 e. The molecule has 22 heavy (non-hydrogen) atoms. The van der Waals surface area contributed by atoms with Crippen LogP contribution in [0.4, 0.5) is 11.4 Å². The maximum absolute atomic E-state index is 3.46. The second-order valence-corrected chi connectivity index (χ2v) is 5.82. The number of anilines is 2. The molecule has 0 aliphatic rings. The van der Waals surface area contributed by atoms with Crippen LogP contribution in [0.25, 0.3) is 6.08 Å². The summed E-state index contributed by atoms with van der Waals surface area (Å²) in [7, 11) is 0. The molecule has 0 fully saturated rings. The Hall–Kier alpha value is -2.32. The standard InChI is InChI=1S/C20H16BrN/c21-18-13-11-17(12-14-18)15-16-22(19-7-3-1-4-8-19)20-9-5-2-6-10-20/h1-16H/b16-15+. The molecule has 0 aliphatic carbocycles. The van der Waals surface area contributed by atoms with E-state index in [1.54, 1.807) is 0 Å². The highest BCUT2D eigenvalue weighted by Crippen LogP contribution is 2.25. The van der Waals surface area contributed by atoms with E-state index < -0.39 is 0 Å².